The summed E-state index contributed by atoms with van der Waals surface area (Å²) >= 11 is 0. The molecule has 0 amide bonds. The number of ketones is 1. The van der Waals surface area contributed by atoms with Gasteiger partial charge in [0.2, 0.25) is 0 Å². The highest BCUT2D eigenvalue weighted by molar-refractivity contribution is 5.75. The summed E-state index contributed by atoms with van der Waals surface area (Å²) in [7, 11) is 0. The Kier molecular flexibility index (Phi) is 2.63. The maximum atomic E-state index is 10.5. The molecular weight excluding hydrogens is 128 g/mol. The first-order valence-electron chi connectivity index (χ1n) is 3.57. The number of hydrogen-bond acceptors (Lipinski definition) is 2. The molecular formula is C8H12O2. The summed E-state index contributed by atoms with van der Waals surface area (Å²) in [5.41, 5.74) is 0. The van der Waals surface area contributed by atoms with Gasteiger partial charge in [0.05, 0.1) is 12.7 Å². The van der Waals surface area contributed by atoms with Crippen molar-refractivity contribution < 1.29 is 9.53 Å². The molecule has 1 aliphatic heterocycles. The molecule has 1 atom stereocenters. The van der Waals surface area contributed by atoms with E-state index in [-0.39, 0.29) is 11.9 Å². The zero-order chi connectivity index (χ0) is 7.40. The van der Waals surface area contributed by atoms with Crippen molar-refractivity contribution in [2.24, 2.45) is 0 Å². The highest BCUT2D eigenvalue weighted by atomic mass is 16.5. The minimum Gasteiger partial charge on any atom is -0.370 e. The SMILES string of the molecule is CC(=O)CCC1C=CCO1. The number of carbonyl (C=O) groups is 1. The van der Waals surface area contributed by atoms with Gasteiger partial charge >= 0.3 is 0 Å². The second-order valence-corrected chi connectivity index (χ2v) is 2.54. The molecule has 1 rings (SSSR count). The van der Waals surface area contributed by atoms with Crippen LogP contribution in [0.15, 0.2) is 12.2 Å². The first kappa shape index (κ1) is 7.48. The first-order valence-corrected chi connectivity index (χ1v) is 3.57. The number of rotatable bonds is 3. The summed E-state index contributed by atoms with van der Waals surface area (Å²) in [6.07, 6.45) is 5.68. The van der Waals surface area contributed by atoms with E-state index in [0.29, 0.717) is 13.0 Å². The molecule has 2 nitrogen and oxygen atoms in total. The van der Waals surface area contributed by atoms with E-state index in [1.54, 1.807) is 6.92 Å². The Balaban J connectivity index is 2.13. The van der Waals surface area contributed by atoms with Gasteiger partial charge in [-0.2, -0.15) is 0 Å². The molecule has 0 fully saturated rings. The summed E-state index contributed by atoms with van der Waals surface area (Å²) in [5.74, 6) is 0.240. The maximum Gasteiger partial charge on any atom is 0.129 e. The first-order chi connectivity index (χ1) is 4.79. The molecule has 0 saturated heterocycles. The van der Waals surface area contributed by atoms with Gasteiger partial charge in [-0.05, 0) is 13.3 Å². The molecule has 0 N–H and O–H groups in total. The Morgan fingerprint density at radius 1 is 1.80 bits per heavy atom. The number of hydrogen-bond donors (Lipinski definition) is 0. The molecule has 10 heavy (non-hydrogen) atoms. The third-order valence-electron chi connectivity index (χ3n) is 1.54. The molecule has 0 aliphatic carbocycles. The molecule has 1 heterocycles. The van der Waals surface area contributed by atoms with E-state index < -0.39 is 0 Å². The maximum absolute atomic E-state index is 10.5. The van der Waals surface area contributed by atoms with Gasteiger partial charge in [-0.25, -0.2) is 0 Å². The Hall–Kier alpha value is -0.630. The topological polar surface area (TPSA) is 26.3 Å². The lowest BCUT2D eigenvalue weighted by Crippen LogP contribution is -2.06. The molecule has 0 spiro atoms. The molecule has 1 unspecified atom stereocenters. The van der Waals surface area contributed by atoms with Gasteiger partial charge in [0.25, 0.3) is 0 Å². The molecule has 0 aromatic carbocycles. The molecule has 0 aromatic rings. The van der Waals surface area contributed by atoms with Crippen LogP contribution in [0.25, 0.3) is 0 Å². The second kappa shape index (κ2) is 3.52. The predicted octanol–water partition coefficient (Wildman–Crippen LogP) is 1.31. The number of Topliss-reactive ketones (excluding diaryl/α,β-unsaturated/α-hetero) is 1. The van der Waals surface area contributed by atoms with Crippen molar-refractivity contribution in [2.45, 2.75) is 25.9 Å². The van der Waals surface area contributed by atoms with E-state index in [2.05, 4.69) is 0 Å². The van der Waals surface area contributed by atoms with Crippen LogP contribution in [0.5, 0.6) is 0 Å². The van der Waals surface area contributed by atoms with E-state index in [0.717, 1.165) is 6.42 Å². The smallest absolute Gasteiger partial charge is 0.129 e. The monoisotopic (exact) mass is 140 g/mol. The van der Waals surface area contributed by atoms with Crippen molar-refractivity contribution in [3.05, 3.63) is 12.2 Å². The van der Waals surface area contributed by atoms with E-state index in [4.69, 9.17) is 4.74 Å². The van der Waals surface area contributed by atoms with Crippen molar-refractivity contribution in [3.8, 4) is 0 Å². The van der Waals surface area contributed by atoms with Crippen LogP contribution >= 0.6 is 0 Å². The molecule has 0 bridgehead atoms. The third kappa shape index (κ3) is 2.31. The van der Waals surface area contributed by atoms with Gasteiger partial charge < -0.3 is 9.53 Å². The fraction of sp³-hybridized carbons (Fsp3) is 0.625. The van der Waals surface area contributed by atoms with E-state index in [1.165, 1.54) is 0 Å². The Morgan fingerprint density at radius 2 is 2.60 bits per heavy atom. The van der Waals surface area contributed by atoms with Gasteiger partial charge in [-0.3, -0.25) is 0 Å². The largest absolute Gasteiger partial charge is 0.370 e. The van der Waals surface area contributed by atoms with Gasteiger partial charge in [0.1, 0.15) is 5.78 Å². The van der Waals surface area contributed by atoms with Crippen LogP contribution in [0.2, 0.25) is 0 Å². The van der Waals surface area contributed by atoms with Crippen molar-refractivity contribution in [1.82, 2.24) is 0 Å². The fourth-order valence-corrected chi connectivity index (χ4v) is 0.967. The third-order valence-corrected chi connectivity index (χ3v) is 1.54. The zero-order valence-corrected chi connectivity index (χ0v) is 6.17. The average Bonchev–Trinajstić information content (AvgIpc) is 2.34. The highest BCUT2D eigenvalue weighted by Crippen LogP contribution is 2.09. The van der Waals surface area contributed by atoms with E-state index in [1.807, 2.05) is 12.2 Å². The molecule has 0 aromatic heterocycles. The van der Waals surface area contributed by atoms with Crippen molar-refractivity contribution >= 4 is 5.78 Å². The highest BCUT2D eigenvalue weighted by Gasteiger charge is 2.09. The van der Waals surface area contributed by atoms with Crippen molar-refractivity contribution in [1.29, 1.82) is 0 Å². The average molecular weight is 140 g/mol. The normalized spacial score (nSPS) is 23.5. The van der Waals surface area contributed by atoms with Gasteiger partial charge in [0, 0.05) is 6.42 Å². The number of ether oxygens (including phenoxy) is 1. The summed E-state index contributed by atoms with van der Waals surface area (Å²) < 4.78 is 5.24. The van der Waals surface area contributed by atoms with E-state index in [9.17, 15) is 4.79 Å². The fourth-order valence-electron chi connectivity index (χ4n) is 0.967. The van der Waals surface area contributed by atoms with Crippen LogP contribution in [0, 0.1) is 0 Å². The van der Waals surface area contributed by atoms with Crippen LogP contribution in [0.3, 0.4) is 0 Å². The zero-order valence-electron chi connectivity index (χ0n) is 6.17. The lowest BCUT2D eigenvalue weighted by atomic mass is 10.1. The molecule has 56 valence electrons. The summed E-state index contributed by atoms with van der Waals surface area (Å²) in [4.78, 5) is 10.5. The Morgan fingerprint density at radius 3 is 3.10 bits per heavy atom. The Labute approximate surface area is 60.9 Å². The van der Waals surface area contributed by atoms with Gasteiger partial charge in [0.15, 0.2) is 0 Å². The van der Waals surface area contributed by atoms with Crippen LogP contribution in [0.1, 0.15) is 19.8 Å². The van der Waals surface area contributed by atoms with E-state index >= 15 is 0 Å². The van der Waals surface area contributed by atoms with Gasteiger partial charge in [-0.1, -0.05) is 12.2 Å². The minimum atomic E-state index is 0.198. The van der Waals surface area contributed by atoms with Gasteiger partial charge in [-0.15, -0.1) is 0 Å². The summed E-state index contributed by atoms with van der Waals surface area (Å²) in [6.45, 7) is 2.32. The lowest BCUT2D eigenvalue weighted by molar-refractivity contribution is -0.117. The van der Waals surface area contributed by atoms with Crippen molar-refractivity contribution in [3.63, 3.8) is 0 Å². The van der Waals surface area contributed by atoms with Crippen LogP contribution < -0.4 is 0 Å². The lowest BCUT2D eigenvalue weighted by Gasteiger charge is -2.04. The molecule has 0 saturated carbocycles. The standard InChI is InChI=1S/C8H12O2/c1-7(9)4-5-8-3-2-6-10-8/h2-3,8H,4-6H2,1H3. The van der Waals surface area contributed by atoms with Crippen LogP contribution in [0.4, 0.5) is 0 Å². The quantitative estimate of drug-likeness (QED) is 0.552. The van der Waals surface area contributed by atoms with Crippen molar-refractivity contribution in [2.75, 3.05) is 6.61 Å². The van der Waals surface area contributed by atoms with Crippen LogP contribution in [-0.2, 0) is 9.53 Å². The number of carbonyl (C=O) groups excluding carboxylic acids is 1. The predicted molar refractivity (Wildman–Crippen MR) is 38.8 cm³/mol. The molecule has 0 radical (unpaired) electrons. The summed E-state index contributed by atoms with van der Waals surface area (Å²) in [5, 5.41) is 0. The summed E-state index contributed by atoms with van der Waals surface area (Å²) in [6, 6.07) is 0. The second-order valence-electron chi connectivity index (χ2n) is 2.54. The van der Waals surface area contributed by atoms with Crippen LogP contribution in [-0.4, -0.2) is 18.5 Å². The Bertz CT molecular complexity index is 149. The minimum absolute atomic E-state index is 0.198. The molecule has 2 heteroatoms. The molecule has 1 aliphatic rings.